The summed E-state index contributed by atoms with van der Waals surface area (Å²) in [5, 5.41) is 0.521. The van der Waals surface area contributed by atoms with Crippen LogP contribution in [0, 0.1) is 0 Å². The number of benzene rings is 2. The van der Waals surface area contributed by atoms with Crippen molar-refractivity contribution in [3.63, 3.8) is 0 Å². The van der Waals surface area contributed by atoms with E-state index in [4.69, 9.17) is 23.6 Å². The fourth-order valence-electron chi connectivity index (χ4n) is 3.19. The number of nitrogens with zero attached hydrogens (tertiary/aromatic N) is 2. The molecule has 0 aliphatic heterocycles. The average Bonchev–Trinajstić information content (AvgIpc) is 3.47. The van der Waals surface area contributed by atoms with Crippen molar-refractivity contribution in [1.29, 1.82) is 0 Å². The Kier molecular flexibility index (Phi) is 6.08. The van der Waals surface area contributed by atoms with Crippen LogP contribution in [-0.2, 0) is 6.54 Å². The predicted octanol–water partition coefficient (Wildman–Crippen LogP) is 5.15. The molecule has 0 bridgehead atoms. The first kappa shape index (κ1) is 20.7. The SMILES string of the molecule is CCOc1ccc(C(=O)N(Cc2ccco2)c2nc3c(OC)ccc(OC)c3s2)cc1. The summed E-state index contributed by atoms with van der Waals surface area (Å²) in [7, 11) is 3.19. The van der Waals surface area contributed by atoms with Gasteiger partial charge in [0.05, 0.1) is 33.6 Å². The van der Waals surface area contributed by atoms with Crippen LogP contribution < -0.4 is 19.1 Å². The Hall–Kier alpha value is -3.52. The van der Waals surface area contributed by atoms with E-state index < -0.39 is 0 Å². The van der Waals surface area contributed by atoms with Crippen molar-refractivity contribution in [1.82, 2.24) is 4.98 Å². The highest BCUT2D eigenvalue weighted by atomic mass is 32.1. The molecule has 0 saturated heterocycles. The molecule has 2 aromatic carbocycles. The van der Waals surface area contributed by atoms with Crippen LogP contribution in [0.3, 0.4) is 0 Å². The van der Waals surface area contributed by atoms with Crippen LogP contribution in [-0.4, -0.2) is 31.7 Å². The fourth-order valence-corrected chi connectivity index (χ4v) is 4.26. The number of thiazole rings is 1. The zero-order valence-corrected chi connectivity index (χ0v) is 18.3. The summed E-state index contributed by atoms with van der Waals surface area (Å²) in [5.74, 6) is 2.45. The van der Waals surface area contributed by atoms with Gasteiger partial charge in [0.25, 0.3) is 5.91 Å². The first-order valence-electron chi connectivity index (χ1n) is 9.73. The minimum atomic E-state index is -0.198. The fraction of sp³-hybridized carbons (Fsp3) is 0.217. The molecule has 31 heavy (non-hydrogen) atoms. The zero-order valence-electron chi connectivity index (χ0n) is 17.5. The Morgan fingerprint density at radius 1 is 1.06 bits per heavy atom. The molecule has 1 amide bonds. The molecule has 0 saturated carbocycles. The molecule has 0 N–H and O–H groups in total. The molecule has 8 heteroatoms. The number of hydrogen-bond donors (Lipinski definition) is 0. The monoisotopic (exact) mass is 438 g/mol. The van der Waals surface area contributed by atoms with Crippen molar-refractivity contribution in [3.8, 4) is 17.2 Å². The van der Waals surface area contributed by atoms with Crippen LogP contribution in [0.4, 0.5) is 5.13 Å². The van der Waals surface area contributed by atoms with Crippen LogP contribution in [0.2, 0.25) is 0 Å². The Balaban J connectivity index is 1.77. The molecule has 7 nitrogen and oxygen atoms in total. The van der Waals surface area contributed by atoms with E-state index in [-0.39, 0.29) is 12.5 Å². The molecule has 0 aliphatic carbocycles. The number of aromatic nitrogens is 1. The van der Waals surface area contributed by atoms with Gasteiger partial charge in [-0.1, -0.05) is 11.3 Å². The smallest absolute Gasteiger partial charge is 0.260 e. The number of ether oxygens (including phenoxy) is 3. The minimum absolute atomic E-state index is 0.198. The Morgan fingerprint density at radius 2 is 1.81 bits per heavy atom. The van der Waals surface area contributed by atoms with Crippen molar-refractivity contribution < 1.29 is 23.4 Å². The maximum Gasteiger partial charge on any atom is 0.260 e. The molecule has 4 rings (SSSR count). The summed E-state index contributed by atoms with van der Waals surface area (Å²) < 4.78 is 22.7. The first-order valence-corrected chi connectivity index (χ1v) is 10.5. The second-order valence-corrected chi connectivity index (χ2v) is 7.55. The molecule has 0 unspecified atom stereocenters. The van der Waals surface area contributed by atoms with Crippen LogP contribution in [0.25, 0.3) is 10.2 Å². The molecular weight excluding hydrogens is 416 g/mol. The van der Waals surface area contributed by atoms with Gasteiger partial charge < -0.3 is 18.6 Å². The number of carbonyl (C=O) groups is 1. The van der Waals surface area contributed by atoms with E-state index in [9.17, 15) is 4.79 Å². The number of amides is 1. The van der Waals surface area contributed by atoms with E-state index in [0.717, 1.165) is 4.70 Å². The lowest BCUT2D eigenvalue weighted by Gasteiger charge is -2.19. The number of methoxy groups -OCH3 is 2. The molecule has 2 heterocycles. The minimum Gasteiger partial charge on any atom is -0.495 e. The van der Waals surface area contributed by atoms with Gasteiger partial charge in [-0.3, -0.25) is 9.69 Å². The maximum atomic E-state index is 13.5. The van der Waals surface area contributed by atoms with Gasteiger partial charge in [0, 0.05) is 5.56 Å². The second kappa shape index (κ2) is 9.09. The first-order chi connectivity index (χ1) is 15.1. The standard InChI is InChI=1S/C23H22N2O5S/c1-4-29-16-9-7-15(8-10-16)22(26)25(14-17-6-5-13-30-17)23-24-20-18(27-2)11-12-19(28-3)21(20)31-23/h5-13H,4,14H2,1-3H3. The van der Waals surface area contributed by atoms with Crippen LogP contribution in [0.1, 0.15) is 23.0 Å². The van der Waals surface area contributed by atoms with Crippen LogP contribution in [0.5, 0.6) is 17.2 Å². The van der Waals surface area contributed by atoms with Gasteiger partial charge in [-0.25, -0.2) is 4.98 Å². The average molecular weight is 439 g/mol. The second-order valence-electron chi connectivity index (χ2n) is 6.57. The van der Waals surface area contributed by atoms with Gasteiger partial charge >= 0.3 is 0 Å². The number of anilines is 1. The normalized spacial score (nSPS) is 10.8. The van der Waals surface area contributed by atoms with Gasteiger partial charge in [0.2, 0.25) is 0 Å². The summed E-state index contributed by atoms with van der Waals surface area (Å²) in [4.78, 5) is 19.8. The zero-order chi connectivity index (χ0) is 21.8. The largest absolute Gasteiger partial charge is 0.495 e. The molecule has 0 spiro atoms. The van der Waals surface area contributed by atoms with Gasteiger partial charge in [0.1, 0.15) is 33.2 Å². The predicted molar refractivity (Wildman–Crippen MR) is 120 cm³/mol. The highest BCUT2D eigenvalue weighted by Gasteiger charge is 2.25. The van der Waals surface area contributed by atoms with Crippen molar-refractivity contribution in [3.05, 3.63) is 66.1 Å². The number of fused-ring (bicyclic) bond motifs is 1. The third-order valence-corrected chi connectivity index (χ3v) is 5.77. The quantitative estimate of drug-likeness (QED) is 0.379. The summed E-state index contributed by atoms with van der Waals surface area (Å²) >= 11 is 1.36. The van der Waals surface area contributed by atoms with Gasteiger partial charge in [-0.2, -0.15) is 0 Å². The molecule has 4 aromatic rings. The van der Waals surface area contributed by atoms with Crippen molar-refractivity contribution in [2.75, 3.05) is 25.7 Å². The number of rotatable bonds is 8. The molecule has 0 fully saturated rings. The van der Waals surface area contributed by atoms with Gasteiger partial charge in [-0.15, -0.1) is 0 Å². The van der Waals surface area contributed by atoms with E-state index in [1.165, 1.54) is 11.3 Å². The Bertz CT molecular complexity index is 1130. The van der Waals surface area contributed by atoms with E-state index in [0.29, 0.717) is 45.8 Å². The highest BCUT2D eigenvalue weighted by molar-refractivity contribution is 7.22. The van der Waals surface area contributed by atoms with Crippen molar-refractivity contribution in [2.45, 2.75) is 13.5 Å². The van der Waals surface area contributed by atoms with E-state index >= 15 is 0 Å². The summed E-state index contributed by atoms with van der Waals surface area (Å²) in [6, 6.07) is 14.3. The lowest BCUT2D eigenvalue weighted by Crippen LogP contribution is -2.30. The molecule has 2 aromatic heterocycles. The molecule has 0 radical (unpaired) electrons. The molecule has 0 aliphatic rings. The van der Waals surface area contributed by atoms with Crippen molar-refractivity contribution >= 4 is 32.6 Å². The van der Waals surface area contributed by atoms with Gasteiger partial charge in [0.15, 0.2) is 5.13 Å². The van der Waals surface area contributed by atoms with Crippen LogP contribution in [0.15, 0.2) is 59.2 Å². The Morgan fingerprint density at radius 3 is 2.45 bits per heavy atom. The summed E-state index contributed by atoms with van der Waals surface area (Å²) in [6.07, 6.45) is 1.58. The maximum absolute atomic E-state index is 13.5. The van der Waals surface area contributed by atoms with E-state index in [1.54, 1.807) is 61.8 Å². The molecule has 160 valence electrons. The topological polar surface area (TPSA) is 74.0 Å². The van der Waals surface area contributed by atoms with Crippen molar-refractivity contribution in [2.24, 2.45) is 0 Å². The van der Waals surface area contributed by atoms with Crippen LogP contribution >= 0.6 is 11.3 Å². The summed E-state index contributed by atoms with van der Waals surface area (Å²) in [6.45, 7) is 2.72. The van der Waals surface area contributed by atoms with Gasteiger partial charge in [-0.05, 0) is 55.5 Å². The number of carbonyl (C=O) groups excluding carboxylic acids is 1. The number of hydrogen-bond acceptors (Lipinski definition) is 7. The lowest BCUT2D eigenvalue weighted by molar-refractivity contribution is 0.0983. The Labute approximate surface area is 183 Å². The van der Waals surface area contributed by atoms with E-state index in [1.807, 2.05) is 19.1 Å². The number of furan rings is 1. The third kappa shape index (κ3) is 4.20. The molecular formula is C23H22N2O5S. The highest BCUT2D eigenvalue weighted by Crippen LogP contribution is 2.40. The lowest BCUT2D eigenvalue weighted by atomic mass is 10.2. The third-order valence-electron chi connectivity index (χ3n) is 4.68. The summed E-state index contributed by atoms with van der Waals surface area (Å²) in [5.41, 5.74) is 1.17. The van der Waals surface area contributed by atoms with E-state index in [2.05, 4.69) is 0 Å². The molecule has 0 atom stereocenters.